The third-order valence-electron chi connectivity index (χ3n) is 3.12. The van der Waals surface area contributed by atoms with Gasteiger partial charge in [0.25, 0.3) is 0 Å². The van der Waals surface area contributed by atoms with Gasteiger partial charge >= 0.3 is 0 Å². The van der Waals surface area contributed by atoms with E-state index in [1.165, 1.54) is 43.4 Å². The van der Waals surface area contributed by atoms with Crippen LogP contribution >= 0.6 is 11.3 Å². The van der Waals surface area contributed by atoms with Gasteiger partial charge in [0.05, 0.1) is 7.11 Å². The predicted molar refractivity (Wildman–Crippen MR) is 76.0 cm³/mol. The second kappa shape index (κ2) is 8.54. The van der Waals surface area contributed by atoms with Crippen molar-refractivity contribution in [1.29, 1.82) is 0 Å². The van der Waals surface area contributed by atoms with Crippen molar-refractivity contribution in [3.63, 3.8) is 0 Å². The zero-order valence-electron chi connectivity index (χ0n) is 11.3. The van der Waals surface area contributed by atoms with Gasteiger partial charge in [0.2, 0.25) is 0 Å². The molecule has 0 saturated heterocycles. The molecule has 0 amide bonds. The van der Waals surface area contributed by atoms with Gasteiger partial charge in [-0.1, -0.05) is 39.0 Å². The highest BCUT2D eigenvalue weighted by atomic mass is 32.1. The van der Waals surface area contributed by atoms with Crippen LogP contribution in [0.4, 0.5) is 0 Å². The molecule has 0 bridgehead atoms. The number of unbranched alkanes of at least 4 members (excludes halogenated alkanes) is 4. The molecule has 1 aromatic rings. The molecule has 0 radical (unpaired) electrons. The molecule has 1 N–H and O–H groups in total. The molecule has 0 fully saturated rings. The van der Waals surface area contributed by atoms with Crippen molar-refractivity contribution in [2.45, 2.75) is 51.5 Å². The normalized spacial score (nSPS) is 12.6. The van der Waals surface area contributed by atoms with E-state index in [0.29, 0.717) is 6.04 Å². The highest BCUT2D eigenvalue weighted by Gasteiger charge is 2.11. The van der Waals surface area contributed by atoms with Crippen LogP contribution in [0.25, 0.3) is 0 Å². The Morgan fingerprint density at radius 2 is 2.06 bits per heavy atom. The molecule has 0 aromatic carbocycles. The van der Waals surface area contributed by atoms with Gasteiger partial charge in [-0.25, -0.2) is 0 Å². The zero-order valence-corrected chi connectivity index (χ0v) is 12.1. The molecule has 17 heavy (non-hydrogen) atoms. The Labute approximate surface area is 109 Å². The minimum absolute atomic E-state index is 0.491. The fourth-order valence-electron chi connectivity index (χ4n) is 2.01. The van der Waals surface area contributed by atoms with Gasteiger partial charge in [0.1, 0.15) is 5.75 Å². The first-order chi connectivity index (χ1) is 8.31. The van der Waals surface area contributed by atoms with Crippen LogP contribution < -0.4 is 10.1 Å². The van der Waals surface area contributed by atoms with Crippen molar-refractivity contribution in [2.24, 2.45) is 0 Å². The maximum Gasteiger partial charge on any atom is 0.129 e. The summed E-state index contributed by atoms with van der Waals surface area (Å²) in [5.41, 5.74) is 0. The number of ether oxygens (including phenoxy) is 1. The summed E-state index contributed by atoms with van der Waals surface area (Å²) in [4.78, 5) is 1.39. The van der Waals surface area contributed by atoms with Gasteiger partial charge in [0.15, 0.2) is 0 Å². The fraction of sp³-hybridized carbons (Fsp3) is 0.714. The summed E-state index contributed by atoms with van der Waals surface area (Å²) in [7, 11) is 3.77. The number of rotatable bonds is 9. The van der Waals surface area contributed by atoms with Gasteiger partial charge in [-0.05, 0) is 19.5 Å². The molecule has 0 spiro atoms. The van der Waals surface area contributed by atoms with E-state index in [0.717, 1.165) is 5.75 Å². The molecule has 1 heterocycles. The number of hydrogen-bond acceptors (Lipinski definition) is 3. The maximum absolute atomic E-state index is 5.23. The third kappa shape index (κ3) is 5.09. The van der Waals surface area contributed by atoms with Crippen LogP contribution in [0.3, 0.4) is 0 Å². The second-order valence-electron chi connectivity index (χ2n) is 4.43. The van der Waals surface area contributed by atoms with Crippen LogP contribution in [-0.4, -0.2) is 14.2 Å². The van der Waals surface area contributed by atoms with Crippen LogP contribution in [0.1, 0.15) is 56.4 Å². The molecule has 0 aliphatic heterocycles. The average Bonchev–Trinajstić information content (AvgIpc) is 2.82. The van der Waals surface area contributed by atoms with Crippen LogP contribution in [0.5, 0.6) is 5.75 Å². The molecule has 3 heteroatoms. The van der Waals surface area contributed by atoms with Gasteiger partial charge in [0, 0.05) is 16.3 Å². The van der Waals surface area contributed by atoms with E-state index in [4.69, 9.17) is 4.74 Å². The lowest BCUT2D eigenvalue weighted by Gasteiger charge is -2.14. The monoisotopic (exact) mass is 255 g/mol. The smallest absolute Gasteiger partial charge is 0.129 e. The van der Waals surface area contributed by atoms with Gasteiger partial charge in [-0.15, -0.1) is 11.3 Å². The average molecular weight is 255 g/mol. The van der Waals surface area contributed by atoms with Gasteiger partial charge in [-0.2, -0.15) is 0 Å². The fourth-order valence-corrected chi connectivity index (χ4v) is 3.01. The Morgan fingerprint density at radius 1 is 1.29 bits per heavy atom. The summed E-state index contributed by atoms with van der Waals surface area (Å²) in [5, 5.41) is 5.48. The Hall–Kier alpha value is -0.540. The van der Waals surface area contributed by atoms with Crippen LogP contribution in [0.15, 0.2) is 11.4 Å². The Balaban J connectivity index is 2.32. The summed E-state index contributed by atoms with van der Waals surface area (Å²) in [6, 6.07) is 2.64. The zero-order chi connectivity index (χ0) is 12.5. The van der Waals surface area contributed by atoms with Gasteiger partial charge in [-0.3, -0.25) is 0 Å². The first-order valence-corrected chi connectivity index (χ1v) is 7.49. The van der Waals surface area contributed by atoms with E-state index >= 15 is 0 Å². The van der Waals surface area contributed by atoms with E-state index in [1.54, 1.807) is 18.4 Å². The number of hydrogen-bond donors (Lipinski definition) is 1. The minimum Gasteiger partial charge on any atom is -0.496 e. The summed E-state index contributed by atoms with van der Waals surface area (Å²) in [6.45, 7) is 2.26. The molecule has 1 aromatic heterocycles. The molecule has 0 saturated carbocycles. The SMILES string of the molecule is CCCCCCCC(NC)c1cc(OC)cs1. The first-order valence-electron chi connectivity index (χ1n) is 6.61. The lowest BCUT2D eigenvalue weighted by Crippen LogP contribution is -2.14. The largest absolute Gasteiger partial charge is 0.496 e. The second-order valence-corrected chi connectivity index (χ2v) is 5.38. The van der Waals surface area contributed by atoms with Crippen molar-refractivity contribution < 1.29 is 4.74 Å². The van der Waals surface area contributed by atoms with Crippen molar-refractivity contribution in [3.05, 3.63) is 16.3 Å². The predicted octanol–water partition coefficient (Wildman–Crippen LogP) is 4.38. The highest BCUT2D eigenvalue weighted by molar-refractivity contribution is 7.10. The number of thiophene rings is 1. The van der Waals surface area contributed by atoms with E-state index in [1.807, 2.05) is 7.05 Å². The summed E-state index contributed by atoms with van der Waals surface area (Å²) in [6.07, 6.45) is 7.96. The third-order valence-corrected chi connectivity index (χ3v) is 4.14. The topological polar surface area (TPSA) is 21.3 Å². The van der Waals surface area contributed by atoms with Crippen LogP contribution in [0.2, 0.25) is 0 Å². The summed E-state index contributed by atoms with van der Waals surface area (Å²) < 4.78 is 5.23. The minimum atomic E-state index is 0.491. The Bertz CT molecular complexity index is 298. The molecular formula is C14H25NOS. The molecule has 1 unspecified atom stereocenters. The van der Waals surface area contributed by atoms with Crippen molar-refractivity contribution in [2.75, 3.05) is 14.2 Å². The van der Waals surface area contributed by atoms with Crippen molar-refractivity contribution >= 4 is 11.3 Å². The molecule has 2 nitrogen and oxygen atoms in total. The molecule has 0 aliphatic carbocycles. The lowest BCUT2D eigenvalue weighted by molar-refractivity contribution is 0.415. The molecule has 1 atom stereocenters. The van der Waals surface area contributed by atoms with Crippen molar-refractivity contribution in [3.8, 4) is 5.75 Å². The van der Waals surface area contributed by atoms with E-state index < -0.39 is 0 Å². The highest BCUT2D eigenvalue weighted by Crippen LogP contribution is 2.29. The Kier molecular flexibility index (Phi) is 7.29. The van der Waals surface area contributed by atoms with Crippen LogP contribution in [-0.2, 0) is 0 Å². The van der Waals surface area contributed by atoms with E-state index in [9.17, 15) is 0 Å². The van der Waals surface area contributed by atoms with Gasteiger partial charge < -0.3 is 10.1 Å². The Morgan fingerprint density at radius 3 is 2.65 bits per heavy atom. The quantitative estimate of drug-likeness (QED) is 0.661. The standard InChI is InChI=1S/C14H25NOS/c1-4-5-6-7-8-9-13(15-2)14-10-12(16-3)11-17-14/h10-11,13,15H,4-9H2,1-3H3. The number of nitrogens with one attached hydrogen (secondary N) is 1. The molecule has 0 aliphatic rings. The summed E-state index contributed by atoms with van der Waals surface area (Å²) >= 11 is 1.79. The number of methoxy groups -OCH3 is 1. The molecule has 1 rings (SSSR count). The van der Waals surface area contributed by atoms with E-state index in [2.05, 4.69) is 23.7 Å². The van der Waals surface area contributed by atoms with E-state index in [-0.39, 0.29) is 0 Å². The lowest BCUT2D eigenvalue weighted by atomic mass is 10.1. The first kappa shape index (κ1) is 14.5. The maximum atomic E-state index is 5.23. The van der Waals surface area contributed by atoms with Crippen molar-refractivity contribution in [1.82, 2.24) is 5.32 Å². The molecular weight excluding hydrogens is 230 g/mol. The summed E-state index contributed by atoms with van der Waals surface area (Å²) in [5.74, 6) is 0.983. The molecule has 98 valence electrons. The van der Waals surface area contributed by atoms with Crippen LogP contribution in [0, 0.1) is 0 Å².